The Morgan fingerprint density at radius 3 is 3.05 bits per heavy atom. The van der Waals surface area contributed by atoms with Gasteiger partial charge in [0.1, 0.15) is 17.2 Å². The van der Waals surface area contributed by atoms with Gasteiger partial charge in [0, 0.05) is 25.6 Å². The van der Waals surface area contributed by atoms with Crippen LogP contribution in [0.15, 0.2) is 24.3 Å². The third kappa shape index (κ3) is 3.92. The van der Waals surface area contributed by atoms with E-state index in [1.807, 2.05) is 0 Å². The lowest BCUT2D eigenvalue weighted by atomic mass is 9.97. The third-order valence-corrected chi connectivity index (χ3v) is 3.71. The van der Waals surface area contributed by atoms with Gasteiger partial charge in [0.05, 0.1) is 6.10 Å². The van der Waals surface area contributed by atoms with Crippen LogP contribution in [0.3, 0.4) is 0 Å². The molecular formula is C15H20FNO4. The molecule has 2 rings (SSSR count). The number of nitrogens with one attached hydrogen (secondary N) is 1. The first kappa shape index (κ1) is 15.7. The highest BCUT2D eigenvalue weighted by atomic mass is 19.1. The van der Waals surface area contributed by atoms with Crippen LogP contribution >= 0.6 is 0 Å². The van der Waals surface area contributed by atoms with E-state index >= 15 is 0 Å². The number of halogens is 1. The second-order valence-electron chi connectivity index (χ2n) is 5.30. The number of aliphatic hydroxyl groups is 1. The summed E-state index contributed by atoms with van der Waals surface area (Å²) in [7, 11) is 0. The van der Waals surface area contributed by atoms with Crippen molar-refractivity contribution in [2.45, 2.75) is 38.1 Å². The molecule has 1 aliphatic rings. The van der Waals surface area contributed by atoms with Gasteiger partial charge >= 0.3 is 0 Å². The van der Waals surface area contributed by atoms with Crippen LogP contribution in [0.1, 0.15) is 20.3 Å². The molecule has 1 heterocycles. The number of benzene rings is 1. The SMILES string of the molecule is CC(Oc1cccc(F)c1)C(=O)NCC1(O)CCOC1C. The van der Waals surface area contributed by atoms with Crippen LogP contribution in [0.5, 0.6) is 5.75 Å². The molecule has 1 amide bonds. The number of hydrogen-bond acceptors (Lipinski definition) is 4. The molecule has 0 radical (unpaired) electrons. The molecule has 1 fully saturated rings. The summed E-state index contributed by atoms with van der Waals surface area (Å²) in [6.07, 6.45) is -0.626. The van der Waals surface area contributed by atoms with Crippen molar-refractivity contribution in [3.05, 3.63) is 30.1 Å². The van der Waals surface area contributed by atoms with E-state index in [-0.39, 0.29) is 24.3 Å². The maximum atomic E-state index is 13.0. The molecule has 5 nitrogen and oxygen atoms in total. The van der Waals surface area contributed by atoms with Crippen molar-refractivity contribution in [1.29, 1.82) is 0 Å². The van der Waals surface area contributed by atoms with E-state index in [4.69, 9.17) is 9.47 Å². The maximum Gasteiger partial charge on any atom is 0.260 e. The molecule has 1 aromatic rings. The fourth-order valence-corrected chi connectivity index (χ4v) is 2.18. The summed E-state index contributed by atoms with van der Waals surface area (Å²) in [5.41, 5.74) is -1.05. The van der Waals surface area contributed by atoms with Crippen LogP contribution in [-0.4, -0.2) is 42.0 Å². The van der Waals surface area contributed by atoms with Crippen molar-refractivity contribution >= 4 is 5.91 Å². The van der Waals surface area contributed by atoms with Gasteiger partial charge in [-0.15, -0.1) is 0 Å². The van der Waals surface area contributed by atoms with Gasteiger partial charge in [-0.3, -0.25) is 4.79 Å². The van der Waals surface area contributed by atoms with E-state index < -0.39 is 17.5 Å². The highest BCUT2D eigenvalue weighted by Gasteiger charge is 2.39. The zero-order valence-corrected chi connectivity index (χ0v) is 12.1. The average molecular weight is 297 g/mol. The van der Waals surface area contributed by atoms with Gasteiger partial charge in [-0.25, -0.2) is 4.39 Å². The van der Waals surface area contributed by atoms with Crippen LogP contribution in [-0.2, 0) is 9.53 Å². The normalized spacial score (nSPS) is 26.4. The Hall–Kier alpha value is -1.66. The molecule has 0 bridgehead atoms. The fraction of sp³-hybridized carbons (Fsp3) is 0.533. The molecule has 6 heteroatoms. The van der Waals surface area contributed by atoms with Gasteiger partial charge in [-0.2, -0.15) is 0 Å². The molecule has 3 unspecified atom stereocenters. The summed E-state index contributed by atoms with van der Waals surface area (Å²) in [6, 6.07) is 5.60. The third-order valence-electron chi connectivity index (χ3n) is 3.71. The highest BCUT2D eigenvalue weighted by molar-refractivity contribution is 5.80. The Bertz CT molecular complexity index is 510. The van der Waals surface area contributed by atoms with Gasteiger partial charge in [-0.1, -0.05) is 6.07 Å². The van der Waals surface area contributed by atoms with E-state index in [1.165, 1.54) is 18.2 Å². The zero-order chi connectivity index (χ0) is 15.5. The van der Waals surface area contributed by atoms with Gasteiger partial charge in [0.2, 0.25) is 0 Å². The van der Waals surface area contributed by atoms with E-state index in [9.17, 15) is 14.3 Å². The lowest BCUT2D eigenvalue weighted by Gasteiger charge is -2.26. The molecule has 1 saturated heterocycles. The molecule has 116 valence electrons. The number of carbonyl (C=O) groups excluding carboxylic acids is 1. The largest absolute Gasteiger partial charge is 0.481 e. The predicted molar refractivity (Wildman–Crippen MR) is 74.5 cm³/mol. The topological polar surface area (TPSA) is 67.8 Å². The molecule has 1 aliphatic heterocycles. The molecule has 0 saturated carbocycles. The van der Waals surface area contributed by atoms with Gasteiger partial charge in [0.25, 0.3) is 5.91 Å². The minimum Gasteiger partial charge on any atom is -0.481 e. The number of hydrogen-bond donors (Lipinski definition) is 2. The first-order chi connectivity index (χ1) is 9.90. The predicted octanol–water partition coefficient (Wildman–Crippen LogP) is 1.25. The van der Waals surface area contributed by atoms with Crippen molar-refractivity contribution in [1.82, 2.24) is 5.32 Å². The van der Waals surface area contributed by atoms with Gasteiger partial charge in [0.15, 0.2) is 6.10 Å². The van der Waals surface area contributed by atoms with Crippen LogP contribution in [0.2, 0.25) is 0 Å². The van der Waals surface area contributed by atoms with Gasteiger partial charge in [-0.05, 0) is 26.0 Å². The van der Waals surface area contributed by atoms with Crippen LogP contribution in [0.25, 0.3) is 0 Å². The smallest absolute Gasteiger partial charge is 0.260 e. The molecule has 0 aromatic heterocycles. The minimum atomic E-state index is -1.05. The Labute approximate surface area is 123 Å². The number of amides is 1. The summed E-state index contributed by atoms with van der Waals surface area (Å²) in [5.74, 6) is -0.507. The average Bonchev–Trinajstić information content (AvgIpc) is 2.76. The summed E-state index contributed by atoms with van der Waals surface area (Å²) in [5, 5.41) is 12.9. The second-order valence-corrected chi connectivity index (χ2v) is 5.30. The Balaban J connectivity index is 1.85. The van der Waals surface area contributed by atoms with Crippen LogP contribution in [0, 0.1) is 5.82 Å². The lowest BCUT2D eigenvalue weighted by molar-refractivity contribution is -0.129. The molecular weight excluding hydrogens is 277 g/mol. The quantitative estimate of drug-likeness (QED) is 0.858. The molecule has 2 N–H and O–H groups in total. The summed E-state index contributed by atoms with van der Waals surface area (Å²) in [4.78, 5) is 12.0. The second kappa shape index (κ2) is 6.41. The van der Waals surface area contributed by atoms with Crippen molar-refractivity contribution in [3.8, 4) is 5.75 Å². The lowest BCUT2D eigenvalue weighted by Crippen LogP contribution is -2.49. The van der Waals surface area contributed by atoms with Crippen molar-refractivity contribution in [3.63, 3.8) is 0 Å². The van der Waals surface area contributed by atoms with E-state index in [0.717, 1.165) is 0 Å². The van der Waals surface area contributed by atoms with Crippen molar-refractivity contribution in [2.24, 2.45) is 0 Å². The Kier molecular flexibility index (Phi) is 4.80. The number of rotatable bonds is 5. The highest BCUT2D eigenvalue weighted by Crippen LogP contribution is 2.24. The van der Waals surface area contributed by atoms with E-state index in [2.05, 4.69) is 5.32 Å². The molecule has 3 atom stereocenters. The summed E-state index contributed by atoms with van der Waals surface area (Å²) < 4.78 is 23.7. The number of ether oxygens (including phenoxy) is 2. The Morgan fingerprint density at radius 2 is 2.43 bits per heavy atom. The van der Waals surface area contributed by atoms with Crippen molar-refractivity contribution < 1.29 is 23.8 Å². The van der Waals surface area contributed by atoms with Crippen LogP contribution in [0.4, 0.5) is 4.39 Å². The standard InChI is InChI=1S/C15H20FNO4/c1-10(21-13-5-3-4-12(16)8-13)14(18)17-9-15(19)6-7-20-11(15)2/h3-5,8,10-11,19H,6-7,9H2,1-2H3,(H,17,18). The van der Waals surface area contributed by atoms with Gasteiger partial charge < -0.3 is 19.9 Å². The monoisotopic (exact) mass is 297 g/mol. The fourth-order valence-electron chi connectivity index (χ4n) is 2.18. The summed E-state index contributed by atoms with van der Waals surface area (Å²) >= 11 is 0. The van der Waals surface area contributed by atoms with Crippen molar-refractivity contribution in [2.75, 3.05) is 13.2 Å². The zero-order valence-electron chi connectivity index (χ0n) is 12.1. The minimum absolute atomic E-state index is 0.101. The molecule has 21 heavy (non-hydrogen) atoms. The molecule has 0 aliphatic carbocycles. The summed E-state index contributed by atoms with van der Waals surface area (Å²) in [6.45, 7) is 3.91. The Morgan fingerprint density at radius 1 is 1.67 bits per heavy atom. The molecule has 0 spiro atoms. The van der Waals surface area contributed by atoms with E-state index in [1.54, 1.807) is 19.9 Å². The van der Waals surface area contributed by atoms with E-state index in [0.29, 0.717) is 13.0 Å². The first-order valence-electron chi connectivity index (χ1n) is 6.94. The maximum absolute atomic E-state index is 13.0. The molecule has 1 aromatic carbocycles. The number of carbonyl (C=O) groups is 1. The van der Waals surface area contributed by atoms with Crippen LogP contribution < -0.4 is 10.1 Å². The first-order valence-corrected chi connectivity index (χ1v) is 6.94.